The van der Waals surface area contributed by atoms with E-state index in [4.69, 9.17) is 4.74 Å². The van der Waals surface area contributed by atoms with E-state index in [2.05, 4.69) is 37.9 Å². The van der Waals surface area contributed by atoms with Crippen molar-refractivity contribution in [3.05, 3.63) is 75.4 Å². The lowest BCUT2D eigenvalue weighted by Gasteiger charge is -2.30. The lowest BCUT2D eigenvalue weighted by Crippen LogP contribution is -2.42. The molecule has 184 valence electrons. The Kier molecular flexibility index (Phi) is 7.57. The summed E-state index contributed by atoms with van der Waals surface area (Å²) in [5, 5.41) is 4.46. The van der Waals surface area contributed by atoms with Crippen LogP contribution in [-0.4, -0.2) is 40.5 Å². The maximum Gasteiger partial charge on any atom is 0.265 e. The minimum Gasteiger partial charge on any atom is -0.486 e. The number of benzene rings is 2. The number of rotatable bonds is 9. The van der Waals surface area contributed by atoms with E-state index in [9.17, 15) is 9.59 Å². The van der Waals surface area contributed by atoms with Crippen molar-refractivity contribution < 1.29 is 9.53 Å². The van der Waals surface area contributed by atoms with Crippen molar-refractivity contribution in [2.75, 3.05) is 13.1 Å². The number of aromatic nitrogens is 1. The van der Waals surface area contributed by atoms with E-state index in [-0.39, 0.29) is 18.1 Å². The Morgan fingerprint density at radius 3 is 2.37 bits per heavy atom. The molecule has 0 unspecified atom stereocenters. The third-order valence-corrected chi connectivity index (χ3v) is 7.51. The molecule has 7 heteroatoms. The van der Waals surface area contributed by atoms with E-state index in [0.29, 0.717) is 34.6 Å². The average molecular weight is 492 g/mol. The fourth-order valence-corrected chi connectivity index (χ4v) is 5.73. The molecule has 2 heterocycles. The number of nitrogens with one attached hydrogen (secondary N) is 1. The Hall–Kier alpha value is -3.16. The molecule has 0 fully saturated rings. The minimum atomic E-state index is -0.215. The third-order valence-electron chi connectivity index (χ3n) is 6.31. The summed E-state index contributed by atoms with van der Waals surface area (Å²) in [4.78, 5) is 29.6. The minimum absolute atomic E-state index is 0.164. The van der Waals surface area contributed by atoms with Gasteiger partial charge in [-0.2, -0.15) is 0 Å². The van der Waals surface area contributed by atoms with Gasteiger partial charge in [0.2, 0.25) is 0 Å². The molecule has 0 aliphatic heterocycles. The maximum absolute atomic E-state index is 13.4. The predicted octanol–water partition coefficient (Wildman–Crippen LogP) is 5.18. The molecule has 0 atom stereocenters. The standard InChI is InChI=1S/C28H33N3O3S/c1-18(2)31(19(3)4)16-15-29-27(32)26-24(34-17-20-11-7-6-8-12-20)23-25(35-26)21-13-9-10-14-22(21)30(5)28(23)33/h6-14,18-19H,15-17H2,1-5H3,(H,29,32). The first kappa shape index (κ1) is 24.9. The summed E-state index contributed by atoms with van der Waals surface area (Å²) < 4.78 is 8.62. The van der Waals surface area contributed by atoms with E-state index in [1.807, 2.05) is 54.6 Å². The monoisotopic (exact) mass is 491 g/mol. The number of fused-ring (bicyclic) bond motifs is 3. The van der Waals surface area contributed by atoms with Crippen LogP contribution in [0.4, 0.5) is 0 Å². The van der Waals surface area contributed by atoms with E-state index in [1.54, 1.807) is 11.6 Å². The molecule has 0 saturated carbocycles. The zero-order chi connectivity index (χ0) is 25.1. The number of hydrogen-bond acceptors (Lipinski definition) is 5. The van der Waals surface area contributed by atoms with Gasteiger partial charge in [0.15, 0.2) is 5.75 Å². The van der Waals surface area contributed by atoms with Crippen LogP contribution in [0.2, 0.25) is 0 Å². The topological polar surface area (TPSA) is 63.6 Å². The fraction of sp³-hybridized carbons (Fsp3) is 0.357. The molecule has 0 aliphatic carbocycles. The van der Waals surface area contributed by atoms with E-state index in [1.165, 1.54) is 11.3 Å². The highest BCUT2D eigenvalue weighted by atomic mass is 32.1. The van der Waals surface area contributed by atoms with Gasteiger partial charge in [0, 0.05) is 37.6 Å². The number of nitrogens with zero attached hydrogens (tertiary/aromatic N) is 2. The van der Waals surface area contributed by atoms with Gasteiger partial charge >= 0.3 is 0 Å². The van der Waals surface area contributed by atoms with Crippen LogP contribution in [-0.2, 0) is 13.7 Å². The van der Waals surface area contributed by atoms with Crippen molar-refractivity contribution >= 4 is 38.2 Å². The summed E-state index contributed by atoms with van der Waals surface area (Å²) in [5.74, 6) is 0.148. The molecule has 4 aromatic rings. The molecule has 1 N–H and O–H groups in total. The molecule has 0 bridgehead atoms. The molecule has 0 radical (unpaired) electrons. The second kappa shape index (κ2) is 10.6. The second-order valence-corrected chi connectivity index (χ2v) is 10.3. The van der Waals surface area contributed by atoms with Crippen LogP contribution in [0, 0.1) is 0 Å². The first-order valence-electron chi connectivity index (χ1n) is 12.0. The number of para-hydroxylation sites is 1. The van der Waals surface area contributed by atoms with Crippen LogP contribution in [0.3, 0.4) is 0 Å². The van der Waals surface area contributed by atoms with Crippen LogP contribution >= 0.6 is 11.3 Å². The molecule has 35 heavy (non-hydrogen) atoms. The molecular formula is C28H33N3O3S. The van der Waals surface area contributed by atoms with Crippen molar-refractivity contribution in [3.8, 4) is 5.75 Å². The lowest BCUT2D eigenvalue weighted by atomic mass is 10.1. The van der Waals surface area contributed by atoms with Crippen LogP contribution in [0.15, 0.2) is 59.4 Å². The predicted molar refractivity (Wildman–Crippen MR) is 145 cm³/mol. The van der Waals surface area contributed by atoms with Gasteiger partial charge in [-0.05, 0) is 39.3 Å². The second-order valence-electron chi connectivity index (χ2n) is 9.30. The molecule has 6 nitrogen and oxygen atoms in total. The normalized spacial score (nSPS) is 11.8. The number of pyridine rings is 1. The SMILES string of the molecule is CC(C)N(CCNC(=O)c1sc2c(c1OCc1ccccc1)c(=O)n(C)c1ccccc21)C(C)C. The first-order chi connectivity index (χ1) is 16.8. The number of carbonyl (C=O) groups excluding carboxylic acids is 1. The van der Waals surface area contributed by atoms with Gasteiger partial charge < -0.3 is 14.6 Å². The molecule has 4 rings (SSSR count). The van der Waals surface area contributed by atoms with Crippen LogP contribution < -0.4 is 15.6 Å². The van der Waals surface area contributed by atoms with Crippen molar-refractivity contribution in [1.29, 1.82) is 0 Å². The summed E-state index contributed by atoms with van der Waals surface area (Å²) in [6.45, 7) is 10.2. The molecule has 2 aromatic heterocycles. The summed E-state index contributed by atoms with van der Waals surface area (Å²) in [5.41, 5.74) is 1.64. The molecule has 0 aliphatic rings. The summed E-state index contributed by atoms with van der Waals surface area (Å²) in [7, 11) is 1.76. The Balaban J connectivity index is 1.73. The van der Waals surface area contributed by atoms with E-state index >= 15 is 0 Å². The highest BCUT2D eigenvalue weighted by Crippen LogP contribution is 2.40. The molecule has 2 aromatic carbocycles. The average Bonchev–Trinajstić information content (AvgIpc) is 3.24. The van der Waals surface area contributed by atoms with Crippen molar-refractivity contribution in [2.45, 2.75) is 46.4 Å². The van der Waals surface area contributed by atoms with E-state index in [0.717, 1.165) is 27.7 Å². The van der Waals surface area contributed by atoms with Gasteiger partial charge in [0.05, 0.1) is 10.2 Å². The Labute approximate surface area is 210 Å². The maximum atomic E-state index is 13.4. The molecular weight excluding hydrogens is 458 g/mol. The van der Waals surface area contributed by atoms with Crippen LogP contribution in [0.1, 0.15) is 42.9 Å². The van der Waals surface area contributed by atoms with Gasteiger partial charge in [-0.25, -0.2) is 0 Å². The zero-order valence-corrected chi connectivity index (χ0v) is 21.8. The number of amides is 1. The van der Waals surface area contributed by atoms with Crippen molar-refractivity contribution in [3.63, 3.8) is 0 Å². The largest absolute Gasteiger partial charge is 0.486 e. The Morgan fingerprint density at radius 2 is 1.69 bits per heavy atom. The number of aryl methyl sites for hydroxylation is 1. The van der Waals surface area contributed by atoms with Crippen molar-refractivity contribution in [2.24, 2.45) is 7.05 Å². The van der Waals surface area contributed by atoms with Crippen LogP contribution in [0.25, 0.3) is 21.0 Å². The lowest BCUT2D eigenvalue weighted by molar-refractivity contribution is 0.0939. The fourth-order valence-electron chi connectivity index (χ4n) is 4.54. The highest BCUT2D eigenvalue weighted by molar-refractivity contribution is 7.22. The van der Waals surface area contributed by atoms with Gasteiger partial charge in [-0.15, -0.1) is 11.3 Å². The van der Waals surface area contributed by atoms with Gasteiger partial charge in [0.1, 0.15) is 16.9 Å². The number of hydrogen-bond donors (Lipinski definition) is 1. The summed E-state index contributed by atoms with van der Waals surface area (Å²) in [6.07, 6.45) is 0. The summed E-state index contributed by atoms with van der Waals surface area (Å²) in [6, 6.07) is 18.3. The number of ether oxygens (including phenoxy) is 1. The van der Waals surface area contributed by atoms with Gasteiger partial charge in [-0.1, -0.05) is 48.5 Å². The quantitative estimate of drug-likeness (QED) is 0.350. The van der Waals surface area contributed by atoms with E-state index < -0.39 is 0 Å². The van der Waals surface area contributed by atoms with Crippen LogP contribution in [0.5, 0.6) is 5.75 Å². The number of thiophene rings is 1. The smallest absolute Gasteiger partial charge is 0.265 e. The first-order valence-corrected chi connectivity index (χ1v) is 12.9. The van der Waals surface area contributed by atoms with Crippen molar-refractivity contribution in [1.82, 2.24) is 14.8 Å². The molecule has 0 spiro atoms. The highest BCUT2D eigenvalue weighted by Gasteiger charge is 2.25. The molecule has 1 amide bonds. The Bertz CT molecular complexity index is 1380. The summed E-state index contributed by atoms with van der Waals surface area (Å²) >= 11 is 1.33. The zero-order valence-electron chi connectivity index (χ0n) is 21.0. The number of carbonyl (C=O) groups is 1. The third kappa shape index (κ3) is 5.11. The Morgan fingerprint density at radius 1 is 1.03 bits per heavy atom. The molecule has 0 saturated heterocycles. The van der Waals surface area contributed by atoms with Gasteiger partial charge in [0.25, 0.3) is 11.5 Å². The van der Waals surface area contributed by atoms with Gasteiger partial charge in [-0.3, -0.25) is 14.5 Å².